The largest absolute Gasteiger partial charge is 0.375 e. The van der Waals surface area contributed by atoms with Crippen molar-refractivity contribution in [2.45, 2.75) is 13.5 Å². The maximum atomic E-state index is 5.85. The predicted octanol–water partition coefficient (Wildman–Crippen LogP) is 2.52. The molecule has 74 valence electrons. The molecule has 0 unspecified atom stereocenters. The molecule has 14 heavy (non-hydrogen) atoms. The maximum Gasteiger partial charge on any atom is 0.138 e. The Labute approximate surface area is 87.3 Å². The van der Waals surface area contributed by atoms with Crippen molar-refractivity contribution in [3.8, 4) is 0 Å². The van der Waals surface area contributed by atoms with Crippen LogP contribution in [0.4, 0.5) is 0 Å². The van der Waals surface area contributed by atoms with E-state index in [1.54, 1.807) is 0 Å². The van der Waals surface area contributed by atoms with Crippen LogP contribution in [0.3, 0.4) is 0 Å². The molecule has 0 spiro atoms. The van der Waals surface area contributed by atoms with E-state index in [2.05, 4.69) is 4.98 Å². The molecule has 2 rings (SSSR count). The monoisotopic (exact) mass is 210 g/mol. The van der Waals surface area contributed by atoms with Crippen LogP contribution in [0.1, 0.15) is 12.6 Å². The van der Waals surface area contributed by atoms with Gasteiger partial charge in [-0.25, -0.2) is 4.98 Å². The molecule has 0 N–H and O–H groups in total. The molecule has 4 heteroatoms. The Hall–Kier alpha value is -1.06. The topological polar surface area (TPSA) is 26.5 Å². The smallest absolute Gasteiger partial charge is 0.138 e. The fraction of sp³-hybridized carbons (Fsp3) is 0.300. The van der Waals surface area contributed by atoms with E-state index in [4.69, 9.17) is 16.3 Å². The highest BCUT2D eigenvalue weighted by Gasteiger charge is 2.01. The van der Waals surface area contributed by atoms with Gasteiger partial charge in [0, 0.05) is 24.0 Å². The summed E-state index contributed by atoms with van der Waals surface area (Å²) >= 11 is 5.85. The lowest BCUT2D eigenvalue weighted by Crippen LogP contribution is -1.90. The van der Waals surface area contributed by atoms with Gasteiger partial charge in [0.1, 0.15) is 5.65 Å². The van der Waals surface area contributed by atoms with Crippen LogP contribution in [-0.4, -0.2) is 16.0 Å². The number of halogens is 1. The van der Waals surface area contributed by atoms with Gasteiger partial charge in [0.05, 0.1) is 12.3 Å². The minimum atomic E-state index is 0.551. The second kappa shape index (κ2) is 3.98. The average molecular weight is 211 g/mol. The van der Waals surface area contributed by atoms with E-state index in [1.165, 1.54) is 0 Å². The second-order valence-corrected chi connectivity index (χ2v) is 3.42. The lowest BCUT2D eigenvalue weighted by atomic mass is 10.5. The highest BCUT2D eigenvalue weighted by atomic mass is 35.5. The summed E-state index contributed by atoms with van der Waals surface area (Å²) in [5.41, 5.74) is 1.78. The van der Waals surface area contributed by atoms with Crippen molar-refractivity contribution in [3.63, 3.8) is 0 Å². The van der Waals surface area contributed by atoms with E-state index in [0.717, 1.165) is 11.3 Å². The zero-order chi connectivity index (χ0) is 9.97. The molecular formula is C10H11ClN2O. The first kappa shape index (κ1) is 9.49. The minimum Gasteiger partial charge on any atom is -0.375 e. The molecule has 0 bridgehead atoms. The standard InChI is InChI=1S/C10H11ClN2O/c1-2-14-7-9-6-13-4-3-8(11)5-10(13)12-9/h3-6H,2,7H2,1H3. The van der Waals surface area contributed by atoms with Gasteiger partial charge in [-0.1, -0.05) is 11.6 Å². The van der Waals surface area contributed by atoms with E-state index >= 15 is 0 Å². The van der Waals surface area contributed by atoms with E-state index in [1.807, 2.05) is 35.9 Å². The Morgan fingerprint density at radius 3 is 3.21 bits per heavy atom. The molecule has 2 heterocycles. The third-order valence-corrected chi connectivity index (χ3v) is 2.16. The van der Waals surface area contributed by atoms with E-state index in [0.29, 0.717) is 18.2 Å². The first-order valence-corrected chi connectivity index (χ1v) is 4.88. The zero-order valence-corrected chi connectivity index (χ0v) is 8.66. The van der Waals surface area contributed by atoms with Crippen LogP contribution in [0.5, 0.6) is 0 Å². The summed E-state index contributed by atoms with van der Waals surface area (Å²) < 4.78 is 7.20. The van der Waals surface area contributed by atoms with Gasteiger partial charge in [-0.2, -0.15) is 0 Å². The highest BCUT2D eigenvalue weighted by molar-refractivity contribution is 6.30. The molecule has 0 amide bonds. The van der Waals surface area contributed by atoms with Crippen molar-refractivity contribution in [2.24, 2.45) is 0 Å². The quantitative estimate of drug-likeness (QED) is 0.778. The molecule has 0 saturated heterocycles. The number of ether oxygens (including phenoxy) is 1. The van der Waals surface area contributed by atoms with Crippen LogP contribution in [0.2, 0.25) is 5.02 Å². The van der Waals surface area contributed by atoms with Crippen LogP contribution >= 0.6 is 11.6 Å². The number of imidazole rings is 1. The summed E-state index contributed by atoms with van der Waals surface area (Å²) in [6.45, 7) is 3.22. The van der Waals surface area contributed by atoms with Gasteiger partial charge >= 0.3 is 0 Å². The van der Waals surface area contributed by atoms with Gasteiger partial charge in [-0.3, -0.25) is 0 Å². The second-order valence-electron chi connectivity index (χ2n) is 2.98. The average Bonchev–Trinajstić information content (AvgIpc) is 2.56. The summed E-state index contributed by atoms with van der Waals surface area (Å²) in [5, 5.41) is 0.700. The van der Waals surface area contributed by atoms with Gasteiger partial charge in [-0.15, -0.1) is 0 Å². The fourth-order valence-corrected chi connectivity index (χ4v) is 1.44. The van der Waals surface area contributed by atoms with Crippen molar-refractivity contribution in [2.75, 3.05) is 6.61 Å². The lowest BCUT2D eigenvalue weighted by Gasteiger charge is -1.93. The molecule has 0 saturated carbocycles. The summed E-state index contributed by atoms with van der Waals surface area (Å²) in [4.78, 5) is 4.36. The number of aromatic nitrogens is 2. The van der Waals surface area contributed by atoms with Crippen LogP contribution in [-0.2, 0) is 11.3 Å². The molecular weight excluding hydrogens is 200 g/mol. The lowest BCUT2D eigenvalue weighted by molar-refractivity contribution is 0.131. The maximum absolute atomic E-state index is 5.85. The Morgan fingerprint density at radius 1 is 1.57 bits per heavy atom. The molecule has 0 atom stereocenters. The number of hydrogen-bond donors (Lipinski definition) is 0. The summed E-state index contributed by atoms with van der Waals surface area (Å²) in [6.07, 6.45) is 3.83. The van der Waals surface area contributed by atoms with Gasteiger partial charge in [0.2, 0.25) is 0 Å². The van der Waals surface area contributed by atoms with Gasteiger partial charge in [0.25, 0.3) is 0 Å². The van der Waals surface area contributed by atoms with E-state index < -0.39 is 0 Å². The highest BCUT2D eigenvalue weighted by Crippen LogP contribution is 2.12. The van der Waals surface area contributed by atoms with Crippen molar-refractivity contribution in [1.29, 1.82) is 0 Å². The molecule has 0 aromatic carbocycles. The SMILES string of the molecule is CCOCc1cn2ccc(Cl)cc2n1. The minimum absolute atomic E-state index is 0.551. The fourth-order valence-electron chi connectivity index (χ4n) is 1.29. The van der Waals surface area contributed by atoms with Crippen molar-refractivity contribution < 1.29 is 4.74 Å². The Balaban J connectivity index is 2.32. The van der Waals surface area contributed by atoms with Crippen LogP contribution < -0.4 is 0 Å². The predicted molar refractivity (Wildman–Crippen MR) is 55.5 cm³/mol. The van der Waals surface area contributed by atoms with Gasteiger partial charge < -0.3 is 9.14 Å². The van der Waals surface area contributed by atoms with E-state index in [-0.39, 0.29) is 0 Å². The van der Waals surface area contributed by atoms with Crippen molar-refractivity contribution in [3.05, 3.63) is 35.2 Å². The number of fused-ring (bicyclic) bond motifs is 1. The number of nitrogens with zero attached hydrogens (tertiary/aromatic N) is 2. The normalized spacial score (nSPS) is 11.0. The third kappa shape index (κ3) is 1.89. The van der Waals surface area contributed by atoms with Crippen LogP contribution in [0.25, 0.3) is 5.65 Å². The Kier molecular flexibility index (Phi) is 2.70. The van der Waals surface area contributed by atoms with Crippen LogP contribution in [0, 0.1) is 0 Å². The van der Waals surface area contributed by atoms with E-state index in [9.17, 15) is 0 Å². The summed E-state index contributed by atoms with van der Waals surface area (Å²) in [5.74, 6) is 0. The number of hydrogen-bond acceptors (Lipinski definition) is 2. The van der Waals surface area contributed by atoms with Gasteiger partial charge in [0.15, 0.2) is 0 Å². The molecule has 2 aromatic rings. The molecule has 2 aromatic heterocycles. The van der Waals surface area contributed by atoms with Crippen LogP contribution in [0.15, 0.2) is 24.5 Å². The number of rotatable bonds is 3. The molecule has 0 aliphatic carbocycles. The number of pyridine rings is 1. The molecule has 0 fully saturated rings. The molecule has 0 aliphatic rings. The van der Waals surface area contributed by atoms with Crippen molar-refractivity contribution >= 4 is 17.2 Å². The zero-order valence-electron chi connectivity index (χ0n) is 7.90. The Bertz CT molecular complexity index is 439. The molecule has 0 aliphatic heterocycles. The molecule has 0 radical (unpaired) electrons. The summed E-state index contributed by atoms with van der Waals surface area (Å²) in [6, 6.07) is 3.66. The van der Waals surface area contributed by atoms with Gasteiger partial charge in [-0.05, 0) is 19.1 Å². The Morgan fingerprint density at radius 2 is 2.43 bits per heavy atom. The van der Waals surface area contributed by atoms with Crippen molar-refractivity contribution in [1.82, 2.24) is 9.38 Å². The molecule has 3 nitrogen and oxygen atoms in total. The first-order chi connectivity index (χ1) is 6.79. The summed E-state index contributed by atoms with van der Waals surface area (Å²) in [7, 11) is 0. The first-order valence-electron chi connectivity index (χ1n) is 4.50. The third-order valence-electron chi connectivity index (χ3n) is 1.93.